The van der Waals surface area contributed by atoms with Gasteiger partial charge in [0.2, 0.25) is 0 Å². The molecule has 2 aromatic heterocycles. The SMILES string of the molecule is CCc1c(C)nn(-c2ccc(CCl)cn2)c1C. The van der Waals surface area contributed by atoms with E-state index >= 15 is 0 Å². The number of aromatic nitrogens is 3. The van der Waals surface area contributed by atoms with Crippen LogP contribution in [0.25, 0.3) is 5.82 Å². The Balaban J connectivity index is 2.45. The summed E-state index contributed by atoms with van der Waals surface area (Å²) in [5.74, 6) is 1.34. The minimum absolute atomic E-state index is 0.491. The van der Waals surface area contributed by atoms with Crippen molar-refractivity contribution in [2.45, 2.75) is 33.1 Å². The zero-order chi connectivity index (χ0) is 12.4. The second-order valence-electron chi connectivity index (χ2n) is 4.07. The van der Waals surface area contributed by atoms with Crippen LogP contribution in [0.5, 0.6) is 0 Å². The standard InChI is InChI=1S/C13H16ClN3/c1-4-12-9(2)16-17(10(12)3)13-6-5-11(7-14)8-15-13/h5-6,8H,4,7H2,1-3H3. The fourth-order valence-electron chi connectivity index (χ4n) is 2.03. The molecule has 3 nitrogen and oxygen atoms in total. The number of aryl methyl sites for hydroxylation is 1. The summed E-state index contributed by atoms with van der Waals surface area (Å²) in [7, 11) is 0. The van der Waals surface area contributed by atoms with Gasteiger partial charge < -0.3 is 0 Å². The molecule has 0 saturated heterocycles. The zero-order valence-electron chi connectivity index (χ0n) is 10.4. The Bertz CT molecular complexity index is 514. The van der Waals surface area contributed by atoms with Crippen molar-refractivity contribution in [3.63, 3.8) is 0 Å². The van der Waals surface area contributed by atoms with Crippen molar-refractivity contribution in [2.75, 3.05) is 0 Å². The number of alkyl halides is 1. The van der Waals surface area contributed by atoms with E-state index in [-0.39, 0.29) is 0 Å². The molecule has 90 valence electrons. The molecule has 0 saturated carbocycles. The summed E-state index contributed by atoms with van der Waals surface area (Å²) in [6, 6.07) is 3.94. The van der Waals surface area contributed by atoms with E-state index < -0.39 is 0 Å². The van der Waals surface area contributed by atoms with E-state index in [0.29, 0.717) is 5.88 Å². The highest BCUT2D eigenvalue weighted by atomic mass is 35.5. The largest absolute Gasteiger partial charge is 0.237 e. The fourth-order valence-corrected chi connectivity index (χ4v) is 2.19. The second-order valence-corrected chi connectivity index (χ2v) is 4.34. The second kappa shape index (κ2) is 4.88. The van der Waals surface area contributed by atoms with Gasteiger partial charge in [-0.15, -0.1) is 11.6 Å². The van der Waals surface area contributed by atoms with Crippen LogP contribution < -0.4 is 0 Å². The summed E-state index contributed by atoms with van der Waals surface area (Å²) >= 11 is 5.75. The van der Waals surface area contributed by atoms with Crippen molar-refractivity contribution in [3.05, 3.63) is 40.8 Å². The molecule has 0 atom stereocenters. The molecule has 0 radical (unpaired) electrons. The summed E-state index contributed by atoms with van der Waals surface area (Å²) < 4.78 is 1.90. The first-order valence-electron chi connectivity index (χ1n) is 5.73. The maximum Gasteiger partial charge on any atom is 0.153 e. The number of hydrogen-bond acceptors (Lipinski definition) is 2. The van der Waals surface area contributed by atoms with E-state index in [1.165, 1.54) is 5.56 Å². The van der Waals surface area contributed by atoms with Crippen molar-refractivity contribution in [3.8, 4) is 5.82 Å². The first-order valence-corrected chi connectivity index (χ1v) is 6.27. The van der Waals surface area contributed by atoms with Crippen molar-refractivity contribution >= 4 is 11.6 Å². The summed E-state index contributed by atoms with van der Waals surface area (Å²) in [5, 5.41) is 4.53. The van der Waals surface area contributed by atoms with Crippen LogP contribution >= 0.6 is 11.6 Å². The van der Waals surface area contributed by atoms with Gasteiger partial charge in [0.1, 0.15) is 0 Å². The molecule has 0 bridgehead atoms. The van der Waals surface area contributed by atoms with E-state index in [1.807, 2.05) is 23.7 Å². The molecule has 0 aromatic carbocycles. The van der Waals surface area contributed by atoms with Gasteiger partial charge >= 0.3 is 0 Å². The molecule has 2 aromatic rings. The van der Waals surface area contributed by atoms with E-state index in [4.69, 9.17) is 11.6 Å². The molecule has 4 heteroatoms. The van der Waals surface area contributed by atoms with Crippen LogP contribution in [-0.4, -0.2) is 14.8 Å². The highest BCUT2D eigenvalue weighted by Gasteiger charge is 2.11. The van der Waals surface area contributed by atoms with Crippen LogP contribution in [0, 0.1) is 13.8 Å². The molecule has 0 aliphatic carbocycles. The molecule has 2 rings (SSSR count). The smallest absolute Gasteiger partial charge is 0.153 e. The number of halogens is 1. The maximum atomic E-state index is 5.75. The molecule has 0 spiro atoms. The predicted molar refractivity (Wildman–Crippen MR) is 69.8 cm³/mol. The highest BCUT2D eigenvalue weighted by molar-refractivity contribution is 6.17. The summed E-state index contributed by atoms with van der Waals surface area (Å²) in [5.41, 5.74) is 4.56. The number of pyridine rings is 1. The molecule has 17 heavy (non-hydrogen) atoms. The van der Waals surface area contributed by atoms with Crippen molar-refractivity contribution in [1.29, 1.82) is 0 Å². The van der Waals surface area contributed by atoms with Gasteiger partial charge in [-0.3, -0.25) is 0 Å². The van der Waals surface area contributed by atoms with E-state index in [1.54, 1.807) is 6.20 Å². The van der Waals surface area contributed by atoms with Gasteiger partial charge in [-0.05, 0) is 37.5 Å². The third kappa shape index (κ3) is 2.20. The van der Waals surface area contributed by atoms with Crippen molar-refractivity contribution < 1.29 is 0 Å². The number of rotatable bonds is 3. The predicted octanol–water partition coefficient (Wildman–Crippen LogP) is 3.19. The molecule has 0 amide bonds. The Labute approximate surface area is 106 Å². The fraction of sp³-hybridized carbons (Fsp3) is 0.385. The lowest BCUT2D eigenvalue weighted by Gasteiger charge is -2.04. The van der Waals surface area contributed by atoms with Crippen molar-refractivity contribution in [2.24, 2.45) is 0 Å². The first-order chi connectivity index (χ1) is 8.17. The summed E-state index contributed by atoms with van der Waals surface area (Å²) in [4.78, 5) is 4.39. The highest BCUT2D eigenvalue weighted by Crippen LogP contribution is 2.17. The van der Waals surface area contributed by atoms with E-state index in [2.05, 4.69) is 23.9 Å². The molecule has 0 aliphatic rings. The van der Waals surface area contributed by atoms with Gasteiger partial charge in [-0.1, -0.05) is 13.0 Å². The number of hydrogen-bond donors (Lipinski definition) is 0. The number of nitrogens with zero attached hydrogens (tertiary/aromatic N) is 3. The average Bonchev–Trinajstić information content (AvgIpc) is 2.64. The van der Waals surface area contributed by atoms with Gasteiger partial charge in [0.25, 0.3) is 0 Å². The van der Waals surface area contributed by atoms with Crippen molar-refractivity contribution in [1.82, 2.24) is 14.8 Å². The third-order valence-corrected chi connectivity index (χ3v) is 3.28. The maximum absolute atomic E-state index is 5.75. The minimum atomic E-state index is 0.491. The monoisotopic (exact) mass is 249 g/mol. The lowest BCUT2D eigenvalue weighted by Crippen LogP contribution is -2.02. The minimum Gasteiger partial charge on any atom is -0.237 e. The molecule has 2 heterocycles. The normalized spacial score (nSPS) is 10.8. The quantitative estimate of drug-likeness (QED) is 0.783. The molecule has 0 unspecified atom stereocenters. The average molecular weight is 250 g/mol. The van der Waals surface area contributed by atoms with Crippen LogP contribution in [0.3, 0.4) is 0 Å². The molecular formula is C13H16ClN3. The summed E-state index contributed by atoms with van der Waals surface area (Å²) in [6.45, 7) is 6.26. The van der Waals surface area contributed by atoms with Crippen LogP contribution in [-0.2, 0) is 12.3 Å². The Kier molecular flexibility index (Phi) is 3.48. The lowest BCUT2D eigenvalue weighted by molar-refractivity contribution is 0.804. The molecular weight excluding hydrogens is 234 g/mol. The van der Waals surface area contributed by atoms with Gasteiger partial charge in [0.05, 0.1) is 5.69 Å². The van der Waals surface area contributed by atoms with E-state index in [0.717, 1.165) is 29.2 Å². The molecule has 0 aliphatic heterocycles. The van der Waals surface area contributed by atoms with Gasteiger partial charge in [-0.2, -0.15) is 5.10 Å². The molecule has 0 fully saturated rings. The van der Waals surface area contributed by atoms with E-state index in [9.17, 15) is 0 Å². The van der Waals surface area contributed by atoms with Gasteiger partial charge in [-0.25, -0.2) is 9.67 Å². The van der Waals surface area contributed by atoms with Crippen LogP contribution in [0.15, 0.2) is 18.3 Å². The van der Waals surface area contributed by atoms with Crippen LogP contribution in [0.2, 0.25) is 0 Å². The van der Waals surface area contributed by atoms with Gasteiger partial charge in [0.15, 0.2) is 5.82 Å². The Morgan fingerprint density at radius 2 is 2.06 bits per heavy atom. The zero-order valence-corrected chi connectivity index (χ0v) is 11.1. The van der Waals surface area contributed by atoms with Crippen LogP contribution in [0.4, 0.5) is 0 Å². The Morgan fingerprint density at radius 1 is 1.29 bits per heavy atom. The Hall–Kier alpha value is -1.35. The third-order valence-electron chi connectivity index (χ3n) is 2.98. The lowest BCUT2D eigenvalue weighted by atomic mass is 10.1. The Morgan fingerprint density at radius 3 is 2.53 bits per heavy atom. The van der Waals surface area contributed by atoms with Crippen LogP contribution in [0.1, 0.15) is 29.4 Å². The first kappa shape index (κ1) is 12.1. The topological polar surface area (TPSA) is 30.7 Å². The van der Waals surface area contributed by atoms with Gasteiger partial charge in [0, 0.05) is 17.8 Å². The molecule has 0 N–H and O–H groups in total. The summed E-state index contributed by atoms with van der Waals surface area (Å²) in [6.07, 6.45) is 2.79.